The Balaban J connectivity index is 1.55. The number of allylic oxidation sites excluding steroid dienone is 7. The zero-order chi connectivity index (χ0) is 22.4. The van der Waals surface area contributed by atoms with Crippen molar-refractivity contribution in [2.24, 2.45) is 40.4 Å². The van der Waals surface area contributed by atoms with Gasteiger partial charge < -0.3 is 5.11 Å². The normalized spacial score (nSPS) is 37.4. The Labute approximate surface area is 189 Å². The van der Waals surface area contributed by atoms with Crippen molar-refractivity contribution in [2.75, 3.05) is 0 Å². The first kappa shape index (κ1) is 22.6. The maximum absolute atomic E-state index is 11.2. The van der Waals surface area contributed by atoms with Gasteiger partial charge in [-0.05, 0) is 71.8 Å². The third-order valence-corrected chi connectivity index (χ3v) is 9.45. The highest BCUT2D eigenvalue weighted by molar-refractivity contribution is 5.72. The lowest BCUT2D eigenvalue weighted by atomic mass is 9.51. The molecule has 4 rings (SSSR count). The standard InChI is InChI=1S/C29H42O2/c1-19(2)7-6-8-20(3)24-11-12-25-23-10-9-22-17-21(18-27(30)31)13-15-28(22,4)26(23)14-16-29(24,25)5/h9-10,13,15,17,19-20,24-26H,6-8,11-12,14,16,18H2,1-5H3,(H,30,31)/t20-,24-,25+,26+,28+,29-/m1/s1. The van der Waals surface area contributed by atoms with Crippen LogP contribution in [-0.4, -0.2) is 11.1 Å². The van der Waals surface area contributed by atoms with Crippen molar-refractivity contribution in [3.8, 4) is 0 Å². The van der Waals surface area contributed by atoms with Crippen LogP contribution < -0.4 is 0 Å². The second-order valence-electron chi connectivity index (χ2n) is 11.8. The van der Waals surface area contributed by atoms with Crippen molar-refractivity contribution >= 4 is 5.97 Å². The highest BCUT2D eigenvalue weighted by Crippen LogP contribution is 2.65. The Morgan fingerprint density at radius 1 is 1.10 bits per heavy atom. The molecule has 0 amide bonds. The van der Waals surface area contributed by atoms with Gasteiger partial charge in [0, 0.05) is 5.41 Å². The lowest BCUT2D eigenvalue weighted by molar-refractivity contribution is -0.136. The minimum atomic E-state index is -0.750. The number of carbonyl (C=O) groups is 1. The summed E-state index contributed by atoms with van der Waals surface area (Å²) >= 11 is 0. The van der Waals surface area contributed by atoms with E-state index in [9.17, 15) is 9.90 Å². The van der Waals surface area contributed by atoms with E-state index < -0.39 is 5.97 Å². The van der Waals surface area contributed by atoms with Gasteiger partial charge in [0.15, 0.2) is 0 Å². The molecule has 0 spiro atoms. The number of fused-ring (bicyclic) bond motifs is 5. The molecule has 0 aromatic rings. The van der Waals surface area contributed by atoms with E-state index in [0.29, 0.717) is 11.3 Å². The van der Waals surface area contributed by atoms with E-state index in [2.05, 4.69) is 65.0 Å². The first-order chi connectivity index (χ1) is 14.6. The molecule has 0 heterocycles. The zero-order valence-corrected chi connectivity index (χ0v) is 20.3. The third kappa shape index (κ3) is 4.00. The van der Waals surface area contributed by atoms with Crippen molar-refractivity contribution in [2.45, 2.75) is 86.0 Å². The zero-order valence-electron chi connectivity index (χ0n) is 20.3. The third-order valence-electron chi connectivity index (χ3n) is 9.45. The summed E-state index contributed by atoms with van der Waals surface area (Å²) in [5.74, 6) is 3.04. The Hall–Kier alpha value is -1.57. The fourth-order valence-electron chi connectivity index (χ4n) is 7.69. The molecule has 2 nitrogen and oxygen atoms in total. The van der Waals surface area contributed by atoms with E-state index in [-0.39, 0.29) is 11.8 Å². The van der Waals surface area contributed by atoms with Crippen LogP contribution in [0.5, 0.6) is 0 Å². The molecule has 2 fully saturated rings. The Morgan fingerprint density at radius 3 is 2.58 bits per heavy atom. The molecule has 2 saturated carbocycles. The van der Waals surface area contributed by atoms with Crippen molar-refractivity contribution < 1.29 is 9.90 Å². The first-order valence-electron chi connectivity index (χ1n) is 12.7. The summed E-state index contributed by atoms with van der Waals surface area (Å²) in [5.41, 5.74) is 4.39. The second kappa shape index (κ2) is 8.41. The number of carboxylic acid groups (broad SMARTS) is 1. The molecule has 1 N–H and O–H groups in total. The molecule has 4 aliphatic rings. The molecular formula is C29H42O2. The van der Waals surface area contributed by atoms with E-state index in [1.54, 1.807) is 5.57 Å². The molecule has 0 radical (unpaired) electrons. The fraction of sp³-hybridized carbons (Fsp3) is 0.690. The summed E-state index contributed by atoms with van der Waals surface area (Å²) in [7, 11) is 0. The lowest BCUT2D eigenvalue weighted by Gasteiger charge is -2.53. The Kier molecular flexibility index (Phi) is 6.14. The summed E-state index contributed by atoms with van der Waals surface area (Å²) in [6, 6.07) is 0. The molecule has 0 aromatic carbocycles. The predicted octanol–water partition coefficient (Wildman–Crippen LogP) is 7.73. The summed E-state index contributed by atoms with van der Waals surface area (Å²) in [6.07, 6.45) is 20.8. The van der Waals surface area contributed by atoms with E-state index in [1.807, 2.05) is 0 Å². The van der Waals surface area contributed by atoms with Crippen LogP contribution in [0.15, 0.2) is 47.1 Å². The van der Waals surface area contributed by atoms with Crippen molar-refractivity contribution in [3.63, 3.8) is 0 Å². The maximum Gasteiger partial charge on any atom is 0.307 e. The average molecular weight is 423 g/mol. The van der Waals surface area contributed by atoms with Crippen LogP contribution in [0.2, 0.25) is 0 Å². The van der Waals surface area contributed by atoms with Gasteiger partial charge in [-0.3, -0.25) is 4.79 Å². The van der Waals surface area contributed by atoms with Crippen molar-refractivity contribution in [1.29, 1.82) is 0 Å². The fourth-order valence-corrected chi connectivity index (χ4v) is 7.69. The highest BCUT2D eigenvalue weighted by atomic mass is 16.4. The van der Waals surface area contributed by atoms with Gasteiger partial charge in [-0.1, -0.05) is 89.8 Å². The van der Waals surface area contributed by atoms with Crippen LogP contribution in [0.3, 0.4) is 0 Å². The molecule has 6 atom stereocenters. The van der Waals surface area contributed by atoms with Crippen LogP contribution in [0.1, 0.15) is 86.0 Å². The second-order valence-corrected chi connectivity index (χ2v) is 11.8. The predicted molar refractivity (Wildman–Crippen MR) is 129 cm³/mol. The minimum Gasteiger partial charge on any atom is -0.481 e. The molecule has 0 unspecified atom stereocenters. The van der Waals surface area contributed by atoms with Crippen LogP contribution in [0.4, 0.5) is 0 Å². The number of hydrogen-bond donors (Lipinski definition) is 1. The Bertz CT molecular complexity index is 841. The molecule has 0 aliphatic heterocycles. The minimum absolute atomic E-state index is 0.0222. The molecule has 0 saturated heterocycles. The molecule has 2 heteroatoms. The molecule has 31 heavy (non-hydrogen) atoms. The number of carboxylic acids is 1. The van der Waals surface area contributed by atoms with Gasteiger partial charge in [0.25, 0.3) is 0 Å². The van der Waals surface area contributed by atoms with Gasteiger partial charge >= 0.3 is 5.97 Å². The van der Waals surface area contributed by atoms with Gasteiger partial charge in [-0.15, -0.1) is 0 Å². The number of rotatable bonds is 7. The van der Waals surface area contributed by atoms with Gasteiger partial charge in [-0.2, -0.15) is 0 Å². The highest BCUT2D eigenvalue weighted by Gasteiger charge is 2.56. The number of aliphatic carboxylic acids is 1. The lowest BCUT2D eigenvalue weighted by Crippen LogP contribution is -2.44. The summed E-state index contributed by atoms with van der Waals surface area (Å²) in [4.78, 5) is 11.2. The Morgan fingerprint density at radius 2 is 1.87 bits per heavy atom. The van der Waals surface area contributed by atoms with Gasteiger partial charge in [0.05, 0.1) is 6.42 Å². The van der Waals surface area contributed by atoms with Crippen molar-refractivity contribution in [3.05, 3.63) is 47.1 Å². The van der Waals surface area contributed by atoms with E-state index >= 15 is 0 Å². The molecule has 4 aliphatic carbocycles. The largest absolute Gasteiger partial charge is 0.481 e. The van der Waals surface area contributed by atoms with Crippen LogP contribution >= 0.6 is 0 Å². The molecular weight excluding hydrogens is 380 g/mol. The average Bonchev–Trinajstić information content (AvgIpc) is 3.05. The van der Waals surface area contributed by atoms with E-state index in [4.69, 9.17) is 0 Å². The van der Waals surface area contributed by atoms with Crippen LogP contribution in [0, 0.1) is 40.4 Å². The summed E-state index contributed by atoms with van der Waals surface area (Å²) < 4.78 is 0. The summed E-state index contributed by atoms with van der Waals surface area (Å²) in [6.45, 7) is 12.2. The molecule has 0 bridgehead atoms. The quantitative estimate of drug-likeness (QED) is 0.455. The monoisotopic (exact) mass is 422 g/mol. The topological polar surface area (TPSA) is 37.3 Å². The van der Waals surface area contributed by atoms with Crippen LogP contribution in [0.25, 0.3) is 0 Å². The smallest absolute Gasteiger partial charge is 0.307 e. The van der Waals surface area contributed by atoms with E-state index in [0.717, 1.165) is 29.2 Å². The molecule has 170 valence electrons. The van der Waals surface area contributed by atoms with Gasteiger partial charge in [0.2, 0.25) is 0 Å². The molecule has 0 aromatic heterocycles. The van der Waals surface area contributed by atoms with Crippen molar-refractivity contribution in [1.82, 2.24) is 0 Å². The SMILES string of the molecule is CC(C)CCC[C@@H](C)[C@H]1CC[C@H]2C3=CC=C4C=C(CC(=O)O)C=C[C@]4(C)[C@H]3CC[C@]12C. The first-order valence-corrected chi connectivity index (χ1v) is 12.7. The summed E-state index contributed by atoms with van der Waals surface area (Å²) in [5, 5.41) is 9.19. The van der Waals surface area contributed by atoms with Gasteiger partial charge in [-0.25, -0.2) is 0 Å². The van der Waals surface area contributed by atoms with E-state index in [1.165, 1.54) is 50.5 Å². The number of hydrogen-bond acceptors (Lipinski definition) is 1. The van der Waals surface area contributed by atoms with Gasteiger partial charge in [0.1, 0.15) is 0 Å². The maximum atomic E-state index is 11.2. The van der Waals surface area contributed by atoms with Crippen LogP contribution in [-0.2, 0) is 4.79 Å².